The molecule has 0 fully saturated rings. The topological polar surface area (TPSA) is 103 Å². The zero-order chi connectivity index (χ0) is 20.7. The molecule has 1 atom stereocenters. The number of benzene rings is 1. The number of ketones is 1. The van der Waals surface area contributed by atoms with Gasteiger partial charge in [-0.2, -0.15) is 4.98 Å². The van der Waals surface area contributed by atoms with E-state index in [2.05, 4.69) is 21.1 Å². The van der Waals surface area contributed by atoms with Gasteiger partial charge in [-0.15, -0.1) is 16.4 Å². The van der Waals surface area contributed by atoms with Crippen LogP contribution in [0.4, 0.5) is 5.69 Å². The predicted molar refractivity (Wildman–Crippen MR) is 113 cm³/mol. The molecule has 30 heavy (non-hydrogen) atoms. The number of hydrogen-bond donors (Lipinski definition) is 0. The lowest BCUT2D eigenvalue weighted by molar-refractivity contribution is -0.384. The lowest BCUT2D eigenvalue weighted by Crippen LogP contribution is -2.20. The maximum absolute atomic E-state index is 12.7. The summed E-state index contributed by atoms with van der Waals surface area (Å²) < 4.78 is 1.54. The van der Waals surface area contributed by atoms with Crippen molar-refractivity contribution in [3.8, 4) is 0 Å². The van der Waals surface area contributed by atoms with Gasteiger partial charge < -0.3 is 0 Å². The van der Waals surface area contributed by atoms with Crippen molar-refractivity contribution in [2.24, 2.45) is 0 Å². The first-order valence-electron chi connectivity index (χ1n) is 9.26. The van der Waals surface area contributed by atoms with E-state index in [4.69, 9.17) is 0 Å². The number of thioether (sulfide) groups is 1. The van der Waals surface area contributed by atoms with Crippen molar-refractivity contribution in [3.63, 3.8) is 0 Å². The molecule has 1 unspecified atom stereocenters. The van der Waals surface area contributed by atoms with E-state index in [1.807, 2.05) is 17.5 Å². The Bertz CT molecular complexity index is 1270. The van der Waals surface area contributed by atoms with Gasteiger partial charge in [0.25, 0.3) is 11.5 Å². The van der Waals surface area contributed by atoms with E-state index in [9.17, 15) is 14.9 Å². The molecule has 0 saturated carbocycles. The van der Waals surface area contributed by atoms with Crippen LogP contribution in [-0.2, 0) is 12.2 Å². The Morgan fingerprint density at radius 3 is 2.93 bits per heavy atom. The Morgan fingerprint density at radius 2 is 2.13 bits per heavy atom. The van der Waals surface area contributed by atoms with Crippen LogP contribution in [0.25, 0.3) is 5.78 Å². The van der Waals surface area contributed by atoms with Gasteiger partial charge in [-0.25, -0.2) is 9.50 Å². The lowest BCUT2D eigenvalue weighted by Gasteiger charge is -2.21. The molecule has 0 N–H and O–H groups in total. The van der Waals surface area contributed by atoms with Gasteiger partial charge in [0.1, 0.15) is 0 Å². The van der Waals surface area contributed by atoms with Crippen LogP contribution >= 0.6 is 23.1 Å². The van der Waals surface area contributed by atoms with E-state index in [-0.39, 0.29) is 17.4 Å². The number of non-ortho nitro benzene ring substituents is 1. The molecule has 0 spiro atoms. The maximum Gasteiger partial charge on any atom is 0.269 e. The normalized spacial score (nSPS) is 16.0. The summed E-state index contributed by atoms with van der Waals surface area (Å²) in [5.74, 6) is 1.18. The molecule has 0 bridgehead atoms. The standard InChI is InChI=1S/C20H15N5O3S2/c26-17-9-13(18-5-2-6-29-18)8-16-15(17)10-24-19(21-16)22-20(23-24)30-11-12-3-1-4-14(7-12)25(27)28/h1-7,10,13H,8-9,11H2. The molecule has 5 rings (SSSR count). The second-order valence-corrected chi connectivity index (χ2v) is 8.92. The molecule has 1 aliphatic rings. The molecule has 1 aromatic carbocycles. The fourth-order valence-electron chi connectivity index (χ4n) is 3.56. The maximum atomic E-state index is 12.7. The molecule has 0 saturated heterocycles. The molecule has 1 aliphatic carbocycles. The van der Waals surface area contributed by atoms with Crippen LogP contribution < -0.4 is 0 Å². The van der Waals surface area contributed by atoms with Crippen molar-refractivity contribution in [1.29, 1.82) is 0 Å². The van der Waals surface area contributed by atoms with Crippen molar-refractivity contribution >= 4 is 40.3 Å². The smallest absolute Gasteiger partial charge is 0.269 e. The van der Waals surface area contributed by atoms with Gasteiger partial charge in [0.15, 0.2) is 5.78 Å². The molecule has 10 heteroatoms. The number of carbonyl (C=O) groups excluding carboxylic acids is 1. The number of nitro groups is 1. The SMILES string of the molecule is O=C1CC(c2cccs2)Cc2nc3nc(SCc4cccc([N+](=O)[O-])c4)nn3cc21. The molecular weight excluding hydrogens is 422 g/mol. The monoisotopic (exact) mass is 437 g/mol. The highest BCUT2D eigenvalue weighted by molar-refractivity contribution is 7.98. The molecule has 3 heterocycles. The predicted octanol–water partition coefficient (Wildman–Crippen LogP) is 4.30. The molecule has 150 valence electrons. The first kappa shape index (κ1) is 18.9. The molecule has 0 aliphatic heterocycles. The zero-order valence-electron chi connectivity index (χ0n) is 15.6. The van der Waals surface area contributed by atoms with E-state index in [1.165, 1.54) is 27.2 Å². The van der Waals surface area contributed by atoms with E-state index in [0.29, 0.717) is 35.1 Å². The summed E-state index contributed by atoms with van der Waals surface area (Å²) in [5, 5.41) is 17.9. The summed E-state index contributed by atoms with van der Waals surface area (Å²) in [5.41, 5.74) is 2.24. The van der Waals surface area contributed by atoms with E-state index >= 15 is 0 Å². The van der Waals surface area contributed by atoms with E-state index < -0.39 is 4.92 Å². The van der Waals surface area contributed by atoms with Gasteiger partial charge in [-0.3, -0.25) is 14.9 Å². The van der Waals surface area contributed by atoms with Crippen molar-refractivity contribution in [3.05, 3.63) is 79.8 Å². The van der Waals surface area contributed by atoms with Gasteiger partial charge in [0, 0.05) is 41.3 Å². The Balaban J connectivity index is 1.38. The van der Waals surface area contributed by atoms with Gasteiger partial charge in [-0.1, -0.05) is 30.0 Å². The summed E-state index contributed by atoms with van der Waals surface area (Å²) in [4.78, 5) is 33.5. The first-order valence-corrected chi connectivity index (χ1v) is 11.1. The molecule has 0 radical (unpaired) electrons. The fourth-order valence-corrected chi connectivity index (χ4v) is 5.16. The number of nitrogens with zero attached hydrogens (tertiary/aromatic N) is 5. The molecule has 8 nitrogen and oxygen atoms in total. The quantitative estimate of drug-likeness (QED) is 0.260. The highest BCUT2D eigenvalue weighted by atomic mass is 32.2. The van der Waals surface area contributed by atoms with Crippen molar-refractivity contribution in [2.45, 2.75) is 29.7 Å². The zero-order valence-corrected chi connectivity index (χ0v) is 17.2. The van der Waals surface area contributed by atoms with E-state index in [0.717, 1.165) is 11.3 Å². The number of hydrogen-bond acceptors (Lipinski definition) is 8. The average Bonchev–Trinajstić information content (AvgIpc) is 3.40. The molecule has 4 aromatic rings. The van der Waals surface area contributed by atoms with Crippen LogP contribution in [0.3, 0.4) is 0 Å². The number of aromatic nitrogens is 4. The minimum absolute atomic E-state index is 0.0595. The van der Waals surface area contributed by atoms with Gasteiger partial charge in [0.2, 0.25) is 5.16 Å². The van der Waals surface area contributed by atoms with E-state index in [1.54, 1.807) is 29.7 Å². The highest BCUT2D eigenvalue weighted by Crippen LogP contribution is 2.34. The number of carbonyl (C=O) groups is 1. The lowest BCUT2D eigenvalue weighted by atomic mass is 9.86. The van der Waals surface area contributed by atoms with Crippen LogP contribution in [0.15, 0.2) is 53.1 Å². The minimum atomic E-state index is -0.410. The molecule has 0 amide bonds. The van der Waals surface area contributed by atoms with Gasteiger partial charge in [0.05, 0.1) is 16.2 Å². The summed E-state index contributed by atoms with van der Waals surface area (Å²) >= 11 is 3.04. The Kier molecular flexibility index (Phi) is 4.80. The second kappa shape index (κ2) is 7.62. The Morgan fingerprint density at radius 1 is 1.23 bits per heavy atom. The molecular formula is C20H15N5O3S2. The number of rotatable bonds is 5. The van der Waals surface area contributed by atoms with Gasteiger partial charge >= 0.3 is 0 Å². The Labute approximate surface area is 179 Å². The van der Waals surface area contributed by atoms with Crippen molar-refractivity contribution in [2.75, 3.05) is 0 Å². The number of nitro benzene ring substituents is 1. The number of fused-ring (bicyclic) bond motifs is 2. The van der Waals surface area contributed by atoms with Crippen molar-refractivity contribution < 1.29 is 9.72 Å². The Hall–Kier alpha value is -3.11. The third-order valence-electron chi connectivity index (χ3n) is 5.00. The molecule has 3 aromatic heterocycles. The van der Waals surface area contributed by atoms with Crippen LogP contribution in [-0.4, -0.2) is 30.3 Å². The summed E-state index contributed by atoms with van der Waals surface area (Å²) in [6, 6.07) is 10.6. The van der Waals surface area contributed by atoms with Crippen LogP contribution in [0.2, 0.25) is 0 Å². The highest BCUT2D eigenvalue weighted by Gasteiger charge is 2.29. The van der Waals surface area contributed by atoms with Crippen molar-refractivity contribution in [1.82, 2.24) is 19.6 Å². The second-order valence-electron chi connectivity index (χ2n) is 7.00. The summed E-state index contributed by atoms with van der Waals surface area (Å²) in [7, 11) is 0. The largest absolute Gasteiger partial charge is 0.294 e. The fraction of sp³-hybridized carbons (Fsp3) is 0.200. The van der Waals surface area contributed by atoms with Crippen LogP contribution in [0.5, 0.6) is 0 Å². The number of thiophene rings is 1. The number of Topliss-reactive ketones (excluding diaryl/α,β-unsaturated/α-hetero) is 1. The summed E-state index contributed by atoms with van der Waals surface area (Å²) in [6.45, 7) is 0. The van der Waals surface area contributed by atoms with Gasteiger partial charge in [-0.05, 0) is 23.4 Å². The first-order chi connectivity index (χ1) is 14.6. The third-order valence-corrected chi connectivity index (χ3v) is 6.94. The van der Waals surface area contributed by atoms with Crippen LogP contribution in [0, 0.1) is 10.1 Å². The third kappa shape index (κ3) is 3.59. The average molecular weight is 438 g/mol. The minimum Gasteiger partial charge on any atom is -0.294 e. The summed E-state index contributed by atoms with van der Waals surface area (Å²) in [6.07, 6.45) is 2.90. The van der Waals surface area contributed by atoms with Crippen LogP contribution in [0.1, 0.15) is 38.8 Å².